The molecule has 0 aromatic heterocycles. The van der Waals surface area contributed by atoms with Gasteiger partial charge >= 0.3 is 0 Å². The van der Waals surface area contributed by atoms with Gasteiger partial charge in [0.15, 0.2) is 0 Å². The average molecular weight is 340 g/mol. The molecule has 0 radical (unpaired) electrons. The molecule has 110 valence electrons. The van der Waals surface area contributed by atoms with Gasteiger partial charge in [-0.25, -0.2) is 4.39 Å². The third-order valence-corrected chi connectivity index (χ3v) is 5.89. The third-order valence-electron chi connectivity index (χ3n) is 5.25. The molecule has 1 aromatic carbocycles. The Kier molecular flexibility index (Phi) is 4.34. The lowest BCUT2D eigenvalue weighted by molar-refractivity contribution is 0.144. The molecule has 1 saturated heterocycles. The van der Waals surface area contributed by atoms with E-state index in [4.69, 9.17) is 0 Å². The summed E-state index contributed by atoms with van der Waals surface area (Å²) in [7, 11) is 0. The van der Waals surface area contributed by atoms with Gasteiger partial charge in [-0.1, -0.05) is 41.3 Å². The summed E-state index contributed by atoms with van der Waals surface area (Å²) in [4.78, 5) is 2.24. The minimum atomic E-state index is -0.0680. The van der Waals surface area contributed by atoms with Crippen molar-refractivity contribution >= 4 is 21.6 Å². The minimum Gasteiger partial charge on any atom is -0.369 e. The maximum atomic E-state index is 14.2. The first-order chi connectivity index (χ1) is 9.72. The van der Waals surface area contributed by atoms with Crippen molar-refractivity contribution in [2.75, 3.05) is 18.0 Å². The Hall–Kier alpha value is -0.570. The fourth-order valence-corrected chi connectivity index (χ4v) is 4.26. The first kappa shape index (κ1) is 14.4. The Bertz CT molecular complexity index is 458. The molecule has 2 fully saturated rings. The van der Waals surface area contributed by atoms with E-state index in [2.05, 4.69) is 20.8 Å². The van der Waals surface area contributed by atoms with Gasteiger partial charge in [-0.15, -0.1) is 0 Å². The quantitative estimate of drug-likeness (QED) is 0.663. The van der Waals surface area contributed by atoms with E-state index >= 15 is 0 Å². The highest BCUT2D eigenvalue weighted by Crippen LogP contribution is 2.45. The van der Waals surface area contributed by atoms with Crippen molar-refractivity contribution in [3.63, 3.8) is 0 Å². The highest BCUT2D eigenvalue weighted by Gasteiger charge is 2.35. The van der Waals surface area contributed by atoms with Gasteiger partial charge in [0, 0.05) is 18.4 Å². The predicted octanol–water partition coefficient (Wildman–Crippen LogP) is 5.27. The van der Waals surface area contributed by atoms with Crippen molar-refractivity contribution in [2.24, 2.45) is 5.41 Å². The molecular weight excluding hydrogens is 317 g/mol. The molecule has 0 amide bonds. The standard InChI is InChI=1S/C17H23BrFN/c18-13-14-4-5-16(15(19)12-14)20-10-8-17(9-11-20)6-2-1-3-7-17/h4-5,12H,1-3,6-11,13H2. The van der Waals surface area contributed by atoms with E-state index in [0.29, 0.717) is 10.7 Å². The van der Waals surface area contributed by atoms with E-state index in [1.807, 2.05) is 12.1 Å². The van der Waals surface area contributed by atoms with Gasteiger partial charge in [-0.3, -0.25) is 0 Å². The average Bonchev–Trinajstić information content (AvgIpc) is 2.49. The van der Waals surface area contributed by atoms with Crippen LogP contribution in [-0.4, -0.2) is 13.1 Å². The monoisotopic (exact) mass is 339 g/mol. The van der Waals surface area contributed by atoms with Gasteiger partial charge < -0.3 is 4.90 Å². The van der Waals surface area contributed by atoms with Crippen LogP contribution in [0.2, 0.25) is 0 Å². The zero-order chi connectivity index (χ0) is 14.0. The molecule has 0 atom stereocenters. The van der Waals surface area contributed by atoms with E-state index in [0.717, 1.165) is 24.3 Å². The molecule has 1 nitrogen and oxygen atoms in total. The molecule has 1 saturated carbocycles. The van der Waals surface area contributed by atoms with E-state index in [9.17, 15) is 4.39 Å². The minimum absolute atomic E-state index is 0.0680. The van der Waals surface area contributed by atoms with Crippen LogP contribution in [0.4, 0.5) is 10.1 Å². The topological polar surface area (TPSA) is 3.24 Å². The smallest absolute Gasteiger partial charge is 0.146 e. The SMILES string of the molecule is Fc1cc(CBr)ccc1N1CCC2(CCCCC2)CC1. The number of anilines is 1. The number of rotatable bonds is 2. The van der Waals surface area contributed by atoms with Crippen LogP contribution in [0.15, 0.2) is 18.2 Å². The van der Waals surface area contributed by atoms with Crippen LogP contribution >= 0.6 is 15.9 Å². The molecule has 1 aliphatic heterocycles. The molecule has 1 aliphatic carbocycles. The maximum Gasteiger partial charge on any atom is 0.146 e. The number of nitrogens with zero attached hydrogens (tertiary/aromatic N) is 1. The zero-order valence-corrected chi connectivity index (χ0v) is 13.6. The molecule has 0 unspecified atom stereocenters. The molecular formula is C17H23BrFN. The van der Waals surface area contributed by atoms with Crippen LogP contribution in [0.3, 0.4) is 0 Å². The predicted molar refractivity (Wildman–Crippen MR) is 86.0 cm³/mol. The second-order valence-electron chi connectivity index (χ2n) is 6.47. The molecule has 1 heterocycles. The zero-order valence-electron chi connectivity index (χ0n) is 12.0. The first-order valence-corrected chi connectivity index (χ1v) is 8.94. The van der Waals surface area contributed by atoms with Gasteiger partial charge in [-0.05, 0) is 48.8 Å². The van der Waals surface area contributed by atoms with Crippen LogP contribution in [0.5, 0.6) is 0 Å². The number of halogens is 2. The fourth-order valence-electron chi connectivity index (χ4n) is 3.91. The summed E-state index contributed by atoms with van der Waals surface area (Å²) in [6.07, 6.45) is 9.48. The largest absolute Gasteiger partial charge is 0.369 e. The molecule has 0 N–H and O–H groups in total. The number of benzene rings is 1. The third kappa shape index (κ3) is 2.88. The molecule has 1 spiro atoms. The van der Waals surface area contributed by atoms with Crippen molar-refractivity contribution in [1.29, 1.82) is 0 Å². The van der Waals surface area contributed by atoms with Gasteiger partial charge in [0.05, 0.1) is 5.69 Å². The fraction of sp³-hybridized carbons (Fsp3) is 0.647. The number of alkyl halides is 1. The summed E-state index contributed by atoms with van der Waals surface area (Å²) >= 11 is 3.38. The highest BCUT2D eigenvalue weighted by atomic mass is 79.9. The van der Waals surface area contributed by atoms with E-state index in [1.165, 1.54) is 44.9 Å². The molecule has 0 bridgehead atoms. The normalized spacial score (nSPS) is 22.2. The summed E-state index contributed by atoms with van der Waals surface area (Å²) in [6.45, 7) is 2.04. The van der Waals surface area contributed by atoms with Crippen LogP contribution in [-0.2, 0) is 5.33 Å². The van der Waals surface area contributed by atoms with Gasteiger partial charge in [0.25, 0.3) is 0 Å². The van der Waals surface area contributed by atoms with E-state index in [1.54, 1.807) is 6.07 Å². The second-order valence-corrected chi connectivity index (χ2v) is 7.03. The lowest BCUT2D eigenvalue weighted by atomic mass is 9.68. The molecule has 20 heavy (non-hydrogen) atoms. The molecule has 1 aromatic rings. The van der Waals surface area contributed by atoms with Crippen molar-refractivity contribution in [2.45, 2.75) is 50.3 Å². The van der Waals surface area contributed by atoms with Crippen molar-refractivity contribution in [3.05, 3.63) is 29.6 Å². The molecule has 2 aliphatic rings. The lowest BCUT2D eigenvalue weighted by Crippen LogP contribution is -2.41. The highest BCUT2D eigenvalue weighted by molar-refractivity contribution is 9.08. The van der Waals surface area contributed by atoms with Gasteiger partial charge in [0.1, 0.15) is 5.82 Å². The maximum absolute atomic E-state index is 14.2. The summed E-state index contributed by atoms with van der Waals surface area (Å²) < 4.78 is 14.2. The number of piperidine rings is 1. The number of hydrogen-bond donors (Lipinski definition) is 0. The summed E-state index contributed by atoms with van der Waals surface area (Å²) in [5.41, 5.74) is 2.38. The molecule has 3 rings (SSSR count). The van der Waals surface area contributed by atoms with Crippen LogP contribution in [0.25, 0.3) is 0 Å². The Labute approximate surface area is 129 Å². The second kappa shape index (κ2) is 6.05. The van der Waals surface area contributed by atoms with Crippen LogP contribution < -0.4 is 4.90 Å². The van der Waals surface area contributed by atoms with Gasteiger partial charge in [0.2, 0.25) is 0 Å². The first-order valence-electron chi connectivity index (χ1n) is 7.82. The molecule has 3 heteroatoms. The Morgan fingerprint density at radius 2 is 1.75 bits per heavy atom. The Morgan fingerprint density at radius 3 is 2.35 bits per heavy atom. The Balaban J connectivity index is 1.68. The summed E-state index contributed by atoms with van der Waals surface area (Å²) in [6, 6.07) is 5.64. The van der Waals surface area contributed by atoms with Crippen molar-refractivity contribution in [3.8, 4) is 0 Å². The van der Waals surface area contributed by atoms with Crippen molar-refractivity contribution < 1.29 is 4.39 Å². The van der Waals surface area contributed by atoms with Crippen LogP contribution in [0.1, 0.15) is 50.5 Å². The van der Waals surface area contributed by atoms with Crippen LogP contribution in [0, 0.1) is 11.2 Å². The Morgan fingerprint density at radius 1 is 1.05 bits per heavy atom. The van der Waals surface area contributed by atoms with E-state index < -0.39 is 0 Å². The number of hydrogen-bond acceptors (Lipinski definition) is 1. The van der Waals surface area contributed by atoms with Crippen molar-refractivity contribution in [1.82, 2.24) is 0 Å². The van der Waals surface area contributed by atoms with Gasteiger partial charge in [-0.2, -0.15) is 0 Å². The summed E-state index contributed by atoms with van der Waals surface area (Å²) in [5, 5.41) is 0.716. The summed E-state index contributed by atoms with van der Waals surface area (Å²) in [5.74, 6) is -0.0680. The van der Waals surface area contributed by atoms with E-state index in [-0.39, 0.29) is 5.82 Å². The lowest BCUT2D eigenvalue weighted by Gasteiger charge is -2.45.